The first-order chi connectivity index (χ1) is 13.1. The Morgan fingerprint density at radius 3 is 2.78 bits per heavy atom. The molecule has 6 nitrogen and oxygen atoms in total. The normalized spacial score (nSPS) is 15.9. The number of carbonyl (C=O) groups is 1. The smallest absolute Gasteiger partial charge is 0.226 e. The number of nitrogens with one attached hydrogen (secondary N) is 1. The molecule has 0 radical (unpaired) electrons. The minimum absolute atomic E-state index is 0.112. The molecule has 1 aliphatic rings. The van der Waals surface area contributed by atoms with E-state index in [1.807, 2.05) is 41.9 Å². The van der Waals surface area contributed by atoms with E-state index in [-0.39, 0.29) is 24.0 Å². The number of ether oxygens (including phenoxy) is 1. The molecule has 2 aromatic carbocycles. The number of phenols is 1. The van der Waals surface area contributed by atoms with Gasteiger partial charge in [-0.3, -0.25) is 9.48 Å². The standard InChI is InChI=1S/C21H21N3O3/c1-13-20-17(16-10-15(27-2)8-9-18(16)25)11-19(26)22-21(20)23-24(13)12-14-6-4-3-5-7-14/h3-10,17,25H,11-12H2,1-2H3,(H,22,23,26). The van der Waals surface area contributed by atoms with Crippen LogP contribution < -0.4 is 10.1 Å². The van der Waals surface area contributed by atoms with Crippen molar-refractivity contribution in [3.05, 3.63) is 70.9 Å². The van der Waals surface area contributed by atoms with Crippen molar-refractivity contribution in [1.29, 1.82) is 0 Å². The van der Waals surface area contributed by atoms with Crippen LogP contribution in [0.2, 0.25) is 0 Å². The summed E-state index contributed by atoms with van der Waals surface area (Å²) >= 11 is 0. The maximum Gasteiger partial charge on any atom is 0.226 e. The van der Waals surface area contributed by atoms with Crippen LogP contribution >= 0.6 is 0 Å². The Labute approximate surface area is 157 Å². The predicted molar refractivity (Wildman–Crippen MR) is 102 cm³/mol. The zero-order chi connectivity index (χ0) is 19.0. The van der Waals surface area contributed by atoms with Gasteiger partial charge in [0.1, 0.15) is 11.5 Å². The molecule has 6 heteroatoms. The number of aromatic hydroxyl groups is 1. The number of methoxy groups -OCH3 is 1. The summed E-state index contributed by atoms with van der Waals surface area (Å²) in [5.74, 6) is 0.973. The van der Waals surface area contributed by atoms with Crippen molar-refractivity contribution in [2.24, 2.45) is 0 Å². The second kappa shape index (κ2) is 6.79. The van der Waals surface area contributed by atoms with Gasteiger partial charge in [-0.15, -0.1) is 0 Å². The van der Waals surface area contributed by atoms with Crippen molar-refractivity contribution in [2.75, 3.05) is 12.4 Å². The van der Waals surface area contributed by atoms with Gasteiger partial charge in [0.25, 0.3) is 0 Å². The average molecular weight is 363 g/mol. The van der Waals surface area contributed by atoms with Gasteiger partial charge < -0.3 is 15.2 Å². The van der Waals surface area contributed by atoms with Crippen molar-refractivity contribution >= 4 is 11.7 Å². The van der Waals surface area contributed by atoms with E-state index in [4.69, 9.17) is 4.74 Å². The Hall–Kier alpha value is -3.28. The quantitative estimate of drug-likeness (QED) is 0.745. The lowest BCUT2D eigenvalue weighted by Gasteiger charge is -2.24. The summed E-state index contributed by atoms with van der Waals surface area (Å²) < 4.78 is 7.20. The molecule has 138 valence electrons. The van der Waals surface area contributed by atoms with Gasteiger partial charge in [-0.25, -0.2) is 0 Å². The number of nitrogens with zero attached hydrogens (tertiary/aromatic N) is 2. The molecule has 0 fully saturated rings. The average Bonchev–Trinajstić information content (AvgIpc) is 2.97. The van der Waals surface area contributed by atoms with Crippen molar-refractivity contribution in [2.45, 2.75) is 25.8 Å². The van der Waals surface area contributed by atoms with Gasteiger partial charge in [0.05, 0.1) is 13.7 Å². The molecule has 4 rings (SSSR count). The first-order valence-corrected chi connectivity index (χ1v) is 8.84. The minimum Gasteiger partial charge on any atom is -0.508 e. The Bertz CT molecular complexity index is 995. The molecule has 3 aromatic rings. The zero-order valence-electron chi connectivity index (χ0n) is 15.3. The Balaban J connectivity index is 1.79. The second-order valence-electron chi connectivity index (χ2n) is 6.72. The van der Waals surface area contributed by atoms with Crippen molar-refractivity contribution in [3.63, 3.8) is 0 Å². The van der Waals surface area contributed by atoms with Crippen LogP contribution in [-0.4, -0.2) is 27.9 Å². The first kappa shape index (κ1) is 17.1. The van der Waals surface area contributed by atoms with Crippen LogP contribution in [0.3, 0.4) is 0 Å². The van der Waals surface area contributed by atoms with Crippen LogP contribution in [-0.2, 0) is 11.3 Å². The highest BCUT2D eigenvalue weighted by atomic mass is 16.5. The highest BCUT2D eigenvalue weighted by Gasteiger charge is 2.33. The van der Waals surface area contributed by atoms with Gasteiger partial charge >= 0.3 is 0 Å². The van der Waals surface area contributed by atoms with E-state index >= 15 is 0 Å². The summed E-state index contributed by atoms with van der Waals surface area (Å²) in [6.07, 6.45) is 0.256. The van der Waals surface area contributed by atoms with E-state index in [0.29, 0.717) is 23.7 Å². The monoisotopic (exact) mass is 363 g/mol. The molecule has 0 saturated carbocycles. The van der Waals surface area contributed by atoms with Crippen molar-refractivity contribution in [1.82, 2.24) is 9.78 Å². The topological polar surface area (TPSA) is 76.4 Å². The SMILES string of the molecule is COc1ccc(O)c(C2CC(=O)Nc3nn(Cc4ccccc4)c(C)c32)c1. The van der Waals surface area contributed by atoms with Gasteiger partial charge in [0.2, 0.25) is 5.91 Å². The third-order valence-corrected chi connectivity index (χ3v) is 5.03. The zero-order valence-corrected chi connectivity index (χ0v) is 15.3. The number of aromatic nitrogens is 2. The number of anilines is 1. The lowest BCUT2D eigenvalue weighted by atomic mass is 9.85. The fraction of sp³-hybridized carbons (Fsp3) is 0.238. The van der Waals surface area contributed by atoms with E-state index in [1.54, 1.807) is 25.3 Å². The summed E-state index contributed by atoms with van der Waals surface area (Å²) in [5, 5.41) is 17.9. The van der Waals surface area contributed by atoms with E-state index < -0.39 is 0 Å². The number of carbonyl (C=O) groups excluding carboxylic acids is 1. The number of rotatable bonds is 4. The van der Waals surface area contributed by atoms with Gasteiger partial charge in [0.15, 0.2) is 5.82 Å². The van der Waals surface area contributed by atoms with Gasteiger partial charge in [-0.05, 0) is 30.7 Å². The van der Waals surface area contributed by atoms with Gasteiger partial charge in [-0.1, -0.05) is 30.3 Å². The number of hydrogen-bond donors (Lipinski definition) is 2. The van der Waals surface area contributed by atoms with Crippen LogP contribution in [0.15, 0.2) is 48.5 Å². The molecular weight excluding hydrogens is 342 g/mol. The predicted octanol–water partition coefficient (Wildman–Crippen LogP) is 3.43. The molecule has 27 heavy (non-hydrogen) atoms. The minimum atomic E-state index is -0.270. The summed E-state index contributed by atoms with van der Waals surface area (Å²) in [4.78, 5) is 12.3. The van der Waals surface area contributed by atoms with E-state index in [0.717, 1.165) is 16.8 Å². The third kappa shape index (κ3) is 3.14. The van der Waals surface area contributed by atoms with Crippen molar-refractivity contribution in [3.8, 4) is 11.5 Å². The van der Waals surface area contributed by atoms with Crippen LogP contribution in [0.25, 0.3) is 0 Å². The highest BCUT2D eigenvalue weighted by Crippen LogP contribution is 2.43. The number of benzene rings is 2. The molecule has 1 atom stereocenters. The van der Waals surface area contributed by atoms with Crippen LogP contribution in [0, 0.1) is 6.92 Å². The molecule has 1 aromatic heterocycles. The molecule has 0 saturated heterocycles. The van der Waals surface area contributed by atoms with E-state index in [9.17, 15) is 9.90 Å². The second-order valence-corrected chi connectivity index (χ2v) is 6.72. The molecule has 0 aliphatic carbocycles. The van der Waals surface area contributed by atoms with Crippen LogP contribution in [0.5, 0.6) is 11.5 Å². The molecular formula is C21H21N3O3. The number of hydrogen-bond acceptors (Lipinski definition) is 4. The maximum absolute atomic E-state index is 12.3. The highest BCUT2D eigenvalue weighted by molar-refractivity contribution is 5.94. The molecule has 1 amide bonds. The van der Waals surface area contributed by atoms with E-state index in [1.165, 1.54) is 0 Å². The Morgan fingerprint density at radius 1 is 1.26 bits per heavy atom. The van der Waals surface area contributed by atoms with Gasteiger partial charge in [0, 0.05) is 29.2 Å². The Kier molecular flexibility index (Phi) is 4.32. The number of amides is 1. The molecule has 2 N–H and O–H groups in total. The summed E-state index contributed by atoms with van der Waals surface area (Å²) in [6, 6.07) is 15.1. The molecule has 2 heterocycles. The number of phenolic OH excluding ortho intramolecular Hbond substituents is 1. The summed E-state index contributed by atoms with van der Waals surface area (Å²) in [5.41, 5.74) is 3.72. The fourth-order valence-corrected chi connectivity index (χ4v) is 3.65. The molecule has 0 bridgehead atoms. The largest absolute Gasteiger partial charge is 0.508 e. The Morgan fingerprint density at radius 2 is 2.04 bits per heavy atom. The lowest BCUT2D eigenvalue weighted by molar-refractivity contribution is -0.116. The van der Waals surface area contributed by atoms with Crippen LogP contribution in [0.4, 0.5) is 5.82 Å². The van der Waals surface area contributed by atoms with Gasteiger partial charge in [-0.2, -0.15) is 5.10 Å². The third-order valence-electron chi connectivity index (χ3n) is 5.03. The lowest BCUT2D eigenvalue weighted by Crippen LogP contribution is -2.23. The summed E-state index contributed by atoms with van der Waals surface area (Å²) in [6.45, 7) is 2.61. The molecule has 0 spiro atoms. The van der Waals surface area contributed by atoms with Crippen molar-refractivity contribution < 1.29 is 14.6 Å². The molecule has 1 aliphatic heterocycles. The number of fused-ring (bicyclic) bond motifs is 1. The fourth-order valence-electron chi connectivity index (χ4n) is 3.65. The first-order valence-electron chi connectivity index (χ1n) is 8.84. The van der Waals surface area contributed by atoms with Crippen LogP contribution in [0.1, 0.15) is 34.7 Å². The molecule has 1 unspecified atom stereocenters. The maximum atomic E-state index is 12.3. The summed E-state index contributed by atoms with van der Waals surface area (Å²) in [7, 11) is 1.58. The van der Waals surface area contributed by atoms with E-state index in [2.05, 4.69) is 10.4 Å².